The molecule has 0 spiro atoms. The molecule has 1 aliphatic heterocycles. The van der Waals surface area contributed by atoms with E-state index in [2.05, 4.69) is 36.2 Å². The summed E-state index contributed by atoms with van der Waals surface area (Å²) in [7, 11) is 0. The predicted octanol–water partition coefficient (Wildman–Crippen LogP) is 5.84. The highest BCUT2D eigenvalue weighted by molar-refractivity contribution is 5.97. The van der Waals surface area contributed by atoms with Crippen molar-refractivity contribution in [2.24, 2.45) is 5.92 Å². The molecule has 2 aromatic heterocycles. The van der Waals surface area contributed by atoms with Crippen molar-refractivity contribution < 1.29 is 23.9 Å². The lowest BCUT2D eigenvalue weighted by Gasteiger charge is -2.32. The van der Waals surface area contributed by atoms with Crippen LogP contribution in [-0.2, 0) is 20.8 Å². The van der Waals surface area contributed by atoms with Crippen LogP contribution in [-0.4, -0.2) is 74.0 Å². The molecule has 1 aliphatic rings. The quantitative estimate of drug-likeness (QED) is 0.212. The number of piperidine rings is 1. The van der Waals surface area contributed by atoms with E-state index in [0.29, 0.717) is 24.5 Å². The minimum Gasteiger partial charge on any atom is -0.444 e. The van der Waals surface area contributed by atoms with Gasteiger partial charge in [-0.1, -0.05) is 19.9 Å². The number of fused-ring (bicyclic) bond motifs is 1. The van der Waals surface area contributed by atoms with E-state index in [1.807, 2.05) is 65.1 Å². The molecule has 1 aromatic carbocycles. The van der Waals surface area contributed by atoms with Gasteiger partial charge in [-0.2, -0.15) is 5.10 Å². The van der Waals surface area contributed by atoms with Gasteiger partial charge in [0, 0.05) is 43.2 Å². The number of anilines is 3. The Balaban J connectivity index is 1.41. The van der Waals surface area contributed by atoms with Crippen LogP contribution in [0.5, 0.6) is 0 Å². The third-order valence-corrected chi connectivity index (χ3v) is 7.35. The molecule has 0 bridgehead atoms. The third-order valence-electron chi connectivity index (χ3n) is 7.35. The molecule has 1 fully saturated rings. The van der Waals surface area contributed by atoms with E-state index in [-0.39, 0.29) is 24.0 Å². The van der Waals surface area contributed by atoms with Crippen molar-refractivity contribution in [3.63, 3.8) is 0 Å². The summed E-state index contributed by atoms with van der Waals surface area (Å²) in [6.45, 7) is 17.3. The minimum absolute atomic E-state index is 0.0777. The molecule has 0 aliphatic carbocycles. The number of nitrogens with one attached hydrogen (secondary N) is 4. The summed E-state index contributed by atoms with van der Waals surface area (Å²) >= 11 is 0. The highest BCUT2D eigenvalue weighted by atomic mass is 16.6. The van der Waals surface area contributed by atoms with E-state index in [1.165, 1.54) is 6.33 Å². The Morgan fingerprint density at radius 2 is 1.62 bits per heavy atom. The smallest absolute Gasteiger partial charge is 0.408 e. The van der Waals surface area contributed by atoms with Crippen molar-refractivity contribution in [3.8, 4) is 0 Å². The zero-order chi connectivity index (χ0) is 34.4. The van der Waals surface area contributed by atoms with Gasteiger partial charge in [0.2, 0.25) is 5.91 Å². The first-order valence-electron chi connectivity index (χ1n) is 16.3. The van der Waals surface area contributed by atoms with E-state index >= 15 is 0 Å². The molecule has 3 amide bonds. The van der Waals surface area contributed by atoms with Gasteiger partial charge in [-0.05, 0) is 96.6 Å². The first kappa shape index (κ1) is 35.5. The highest BCUT2D eigenvalue weighted by Gasteiger charge is 2.26. The highest BCUT2D eigenvalue weighted by Crippen LogP contribution is 2.26. The molecule has 4 rings (SSSR count). The van der Waals surface area contributed by atoms with Crippen LogP contribution in [0.1, 0.15) is 80.2 Å². The maximum atomic E-state index is 13.3. The van der Waals surface area contributed by atoms with Gasteiger partial charge in [0.1, 0.15) is 29.1 Å². The maximum Gasteiger partial charge on any atom is 0.408 e. The Morgan fingerprint density at radius 1 is 0.957 bits per heavy atom. The number of nitrogens with zero attached hydrogens (tertiary/aromatic N) is 4. The Bertz CT molecular complexity index is 1530. The second-order valence-electron chi connectivity index (χ2n) is 14.5. The standard InChI is InChI=1S/C34H50N8O5/c1-22(2)18-27(40-32(45)47-34(6,7)8)30(43)38-26-11-9-10-25(19-26)37-29-28-23(12-17-42(28)36-21-35-29)20-41-15-13-24(14-16-41)39-31(44)46-33(3,4)5/h9-12,17,19,21-22,24,27H,13-16,18,20H2,1-8H3,(H,38,43)(H,39,44)(H,40,45)(H,35,36,37)/t27-/m1/s1. The fraction of sp³-hybridized carbons (Fsp3) is 0.559. The van der Waals surface area contributed by atoms with E-state index < -0.39 is 23.3 Å². The lowest BCUT2D eigenvalue weighted by Crippen LogP contribution is -2.46. The Kier molecular flexibility index (Phi) is 11.3. The van der Waals surface area contributed by atoms with Gasteiger partial charge in [-0.25, -0.2) is 19.1 Å². The number of aromatic nitrogens is 3. The van der Waals surface area contributed by atoms with Crippen LogP contribution in [0.25, 0.3) is 5.52 Å². The number of rotatable bonds is 10. The molecular formula is C34H50N8O5. The summed E-state index contributed by atoms with van der Waals surface area (Å²) in [6, 6.07) is 8.71. The normalized spacial score (nSPS) is 15.3. The fourth-order valence-corrected chi connectivity index (χ4v) is 5.38. The van der Waals surface area contributed by atoms with Gasteiger partial charge >= 0.3 is 12.2 Å². The second-order valence-corrected chi connectivity index (χ2v) is 14.5. The van der Waals surface area contributed by atoms with Crippen LogP contribution >= 0.6 is 0 Å². The number of alkyl carbamates (subject to hydrolysis) is 2. The van der Waals surface area contributed by atoms with Gasteiger partial charge in [0.15, 0.2) is 5.82 Å². The van der Waals surface area contributed by atoms with E-state index in [9.17, 15) is 14.4 Å². The molecule has 1 atom stereocenters. The number of amides is 3. The van der Waals surface area contributed by atoms with Gasteiger partial charge in [0.25, 0.3) is 0 Å². The molecule has 0 unspecified atom stereocenters. The minimum atomic E-state index is -0.760. The maximum absolute atomic E-state index is 13.3. The molecular weight excluding hydrogens is 600 g/mol. The lowest BCUT2D eigenvalue weighted by atomic mass is 10.0. The van der Waals surface area contributed by atoms with E-state index in [0.717, 1.165) is 42.7 Å². The molecule has 3 aromatic rings. The third kappa shape index (κ3) is 11.1. The molecule has 47 heavy (non-hydrogen) atoms. The molecule has 0 saturated carbocycles. The number of carbonyl (C=O) groups is 3. The number of benzene rings is 1. The van der Waals surface area contributed by atoms with Crippen molar-refractivity contribution in [2.45, 2.75) is 104 Å². The largest absolute Gasteiger partial charge is 0.444 e. The lowest BCUT2D eigenvalue weighted by molar-refractivity contribution is -0.118. The molecule has 1 saturated heterocycles. The average Bonchev–Trinajstić information content (AvgIpc) is 3.35. The average molecular weight is 651 g/mol. The van der Waals surface area contributed by atoms with Crippen LogP contribution in [0.3, 0.4) is 0 Å². The molecule has 4 N–H and O–H groups in total. The van der Waals surface area contributed by atoms with Crippen molar-refractivity contribution >= 4 is 40.8 Å². The van der Waals surface area contributed by atoms with Crippen LogP contribution in [0.4, 0.5) is 26.8 Å². The summed E-state index contributed by atoms with van der Waals surface area (Å²) in [5, 5.41) is 16.4. The van der Waals surface area contributed by atoms with Crippen molar-refractivity contribution in [3.05, 3.63) is 48.4 Å². The second kappa shape index (κ2) is 15.0. The summed E-state index contributed by atoms with van der Waals surface area (Å²) in [6.07, 6.45) is 4.52. The van der Waals surface area contributed by atoms with Gasteiger partial charge in [-0.15, -0.1) is 0 Å². The van der Waals surface area contributed by atoms with Gasteiger partial charge < -0.3 is 30.7 Å². The molecule has 0 radical (unpaired) electrons. The fourth-order valence-electron chi connectivity index (χ4n) is 5.38. The number of hydrogen-bond acceptors (Lipinski definition) is 9. The zero-order valence-corrected chi connectivity index (χ0v) is 28.8. The predicted molar refractivity (Wildman–Crippen MR) is 182 cm³/mol. The van der Waals surface area contributed by atoms with Crippen LogP contribution in [0, 0.1) is 5.92 Å². The topological polar surface area (TPSA) is 151 Å². The van der Waals surface area contributed by atoms with Crippen molar-refractivity contribution in [1.29, 1.82) is 0 Å². The number of hydrogen-bond donors (Lipinski definition) is 4. The monoisotopic (exact) mass is 650 g/mol. The molecule has 13 heteroatoms. The number of likely N-dealkylation sites (tertiary alicyclic amines) is 1. The van der Waals surface area contributed by atoms with E-state index in [4.69, 9.17) is 9.47 Å². The van der Waals surface area contributed by atoms with Gasteiger partial charge in [0.05, 0.1) is 0 Å². The molecule has 3 heterocycles. The Hall–Kier alpha value is -4.39. The summed E-state index contributed by atoms with van der Waals surface area (Å²) in [5.41, 5.74) is 2.03. The van der Waals surface area contributed by atoms with Gasteiger partial charge in [-0.3, -0.25) is 9.69 Å². The first-order chi connectivity index (χ1) is 22.0. The Morgan fingerprint density at radius 3 is 2.28 bits per heavy atom. The molecule has 13 nitrogen and oxygen atoms in total. The summed E-state index contributed by atoms with van der Waals surface area (Å²) in [5.74, 6) is 0.477. The SMILES string of the molecule is CC(C)C[C@@H](NC(=O)OC(C)(C)C)C(=O)Nc1cccc(Nc2ncnn3ccc(CN4CCC(NC(=O)OC(C)(C)C)CC4)c23)c1. The Labute approximate surface area is 277 Å². The summed E-state index contributed by atoms with van der Waals surface area (Å²) < 4.78 is 12.6. The van der Waals surface area contributed by atoms with E-state index in [1.54, 1.807) is 31.4 Å². The number of ether oxygens (including phenoxy) is 2. The molecule has 256 valence electrons. The zero-order valence-electron chi connectivity index (χ0n) is 28.8. The first-order valence-corrected chi connectivity index (χ1v) is 16.3. The van der Waals surface area contributed by atoms with Crippen LogP contribution in [0.15, 0.2) is 42.9 Å². The van der Waals surface area contributed by atoms with Crippen LogP contribution in [0.2, 0.25) is 0 Å². The number of carbonyl (C=O) groups excluding carboxylic acids is 3. The van der Waals surface area contributed by atoms with Crippen molar-refractivity contribution in [1.82, 2.24) is 30.1 Å². The van der Waals surface area contributed by atoms with Crippen LogP contribution < -0.4 is 21.3 Å². The summed E-state index contributed by atoms with van der Waals surface area (Å²) in [4.78, 5) is 44.8. The van der Waals surface area contributed by atoms with Crippen molar-refractivity contribution in [2.75, 3.05) is 23.7 Å².